The molecule has 0 aromatic heterocycles. The van der Waals surface area contributed by atoms with Crippen molar-refractivity contribution in [1.29, 1.82) is 0 Å². The molecule has 1 aromatic rings. The maximum absolute atomic E-state index is 12.1. The highest BCUT2D eigenvalue weighted by atomic mass is 35.5. The van der Waals surface area contributed by atoms with Crippen LogP contribution in [0.2, 0.25) is 0 Å². The van der Waals surface area contributed by atoms with E-state index in [1.807, 2.05) is 12.1 Å². The molecule has 2 heterocycles. The summed E-state index contributed by atoms with van der Waals surface area (Å²) in [7, 11) is 0. The molecular formula is C18H29Cl2N3O. The van der Waals surface area contributed by atoms with Crippen molar-refractivity contribution in [2.45, 2.75) is 25.7 Å². The molecule has 2 aliphatic heterocycles. The van der Waals surface area contributed by atoms with Gasteiger partial charge in [0.25, 0.3) is 5.91 Å². The molecule has 0 spiro atoms. The van der Waals surface area contributed by atoms with Crippen LogP contribution in [0.5, 0.6) is 0 Å². The highest BCUT2D eigenvalue weighted by molar-refractivity contribution is 5.94. The molecule has 2 saturated heterocycles. The van der Waals surface area contributed by atoms with E-state index < -0.39 is 0 Å². The number of rotatable bonds is 6. The molecule has 1 atom stereocenters. The lowest BCUT2D eigenvalue weighted by Crippen LogP contribution is -2.33. The van der Waals surface area contributed by atoms with Gasteiger partial charge in [0.1, 0.15) is 0 Å². The molecule has 2 fully saturated rings. The number of nitrogens with zero attached hydrogens (tertiary/aromatic N) is 1. The van der Waals surface area contributed by atoms with Gasteiger partial charge in [-0.2, -0.15) is 0 Å². The lowest BCUT2D eigenvalue weighted by Gasteiger charge is -2.14. The van der Waals surface area contributed by atoms with Gasteiger partial charge in [0.05, 0.1) is 0 Å². The lowest BCUT2D eigenvalue weighted by atomic mass is 9.98. The number of nitrogens with one attached hydrogen (secondary N) is 2. The van der Waals surface area contributed by atoms with Crippen molar-refractivity contribution >= 4 is 30.7 Å². The van der Waals surface area contributed by atoms with E-state index >= 15 is 0 Å². The second-order valence-electron chi connectivity index (χ2n) is 6.56. The molecule has 1 amide bonds. The van der Waals surface area contributed by atoms with Crippen molar-refractivity contribution in [3.8, 4) is 0 Å². The summed E-state index contributed by atoms with van der Waals surface area (Å²) in [5.74, 6) is 0.799. The third kappa shape index (κ3) is 6.25. The Morgan fingerprint density at radius 3 is 2.50 bits per heavy atom. The molecule has 24 heavy (non-hydrogen) atoms. The van der Waals surface area contributed by atoms with Crippen LogP contribution >= 0.6 is 24.8 Å². The predicted molar refractivity (Wildman–Crippen MR) is 104 cm³/mol. The van der Waals surface area contributed by atoms with E-state index in [4.69, 9.17) is 0 Å². The van der Waals surface area contributed by atoms with Crippen molar-refractivity contribution in [1.82, 2.24) is 15.5 Å². The van der Waals surface area contributed by atoms with Crippen LogP contribution < -0.4 is 10.6 Å². The molecule has 0 saturated carbocycles. The standard InChI is InChI=1S/C18H27N3O.2ClH/c22-18(20-9-12-21-10-1-2-11-21)17-5-3-15(4-6-17)13-16-7-8-19-14-16;;/h3-6,16,19H,1-2,7-14H2,(H,20,22);2*1H. The van der Waals surface area contributed by atoms with E-state index in [0.717, 1.165) is 44.1 Å². The van der Waals surface area contributed by atoms with Crippen LogP contribution in [-0.4, -0.2) is 50.1 Å². The second kappa shape index (κ2) is 10.9. The SMILES string of the molecule is Cl.Cl.O=C(NCCN1CCCC1)c1ccc(CC2CCNC2)cc1. The molecule has 2 aliphatic rings. The summed E-state index contributed by atoms with van der Waals surface area (Å²) in [6, 6.07) is 8.13. The van der Waals surface area contributed by atoms with Gasteiger partial charge in [0.2, 0.25) is 0 Å². The van der Waals surface area contributed by atoms with Crippen LogP contribution in [0.4, 0.5) is 0 Å². The number of carbonyl (C=O) groups is 1. The first-order valence-corrected chi connectivity index (χ1v) is 8.61. The summed E-state index contributed by atoms with van der Waals surface area (Å²) >= 11 is 0. The zero-order chi connectivity index (χ0) is 15.2. The van der Waals surface area contributed by atoms with E-state index in [0.29, 0.717) is 0 Å². The number of likely N-dealkylation sites (tertiary alicyclic amines) is 1. The fourth-order valence-electron chi connectivity index (χ4n) is 3.45. The minimum absolute atomic E-state index is 0. The molecule has 0 aliphatic carbocycles. The summed E-state index contributed by atoms with van der Waals surface area (Å²) in [6.45, 7) is 6.34. The van der Waals surface area contributed by atoms with Crippen LogP contribution in [0.15, 0.2) is 24.3 Å². The average molecular weight is 374 g/mol. The van der Waals surface area contributed by atoms with Crippen LogP contribution in [0.25, 0.3) is 0 Å². The minimum atomic E-state index is 0. The Labute approximate surface area is 157 Å². The molecule has 3 rings (SSSR count). The number of hydrogen-bond donors (Lipinski definition) is 2. The topological polar surface area (TPSA) is 44.4 Å². The van der Waals surface area contributed by atoms with E-state index in [1.54, 1.807) is 0 Å². The summed E-state index contributed by atoms with van der Waals surface area (Å²) in [4.78, 5) is 14.6. The fourth-order valence-corrected chi connectivity index (χ4v) is 3.45. The normalized spacial score (nSPS) is 20.2. The second-order valence-corrected chi connectivity index (χ2v) is 6.56. The van der Waals surface area contributed by atoms with Gasteiger partial charge in [-0.25, -0.2) is 0 Å². The summed E-state index contributed by atoms with van der Waals surface area (Å²) in [5, 5.41) is 6.43. The van der Waals surface area contributed by atoms with Gasteiger partial charge >= 0.3 is 0 Å². The van der Waals surface area contributed by atoms with Crippen LogP contribution in [0.1, 0.15) is 35.2 Å². The molecular weight excluding hydrogens is 345 g/mol. The number of hydrogen-bond acceptors (Lipinski definition) is 3. The Morgan fingerprint density at radius 1 is 1.17 bits per heavy atom. The Morgan fingerprint density at radius 2 is 1.88 bits per heavy atom. The van der Waals surface area contributed by atoms with Crippen LogP contribution in [0, 0.1) is 5.92 Å². The van der Waals surface area contributed by atoms with Gasteiger partial charge in [-0.3, -0.25) is 4.79 Å². The Kier molecular flexibility index (Phi) is 9.67. The van der Waals surface area contributed by atoms with Gasteiger partial charge in [0.15, 0.2) is 0 Å². The molecule has 2 N–H and O–H groups in total. The van der Waals surface area contributed by atoms with Gasteiger partial charge < -0.3 is 15.5 Å². The predicted octanol–water partition coefficient (Wildman–Crippen LogP) is 2.51. The monoisotopic (exact) mass is 373 g/mol. The Balaban J connectivity index is 0.00000144. The molecule has 1 aromatic carbocycles. The quantitative estimate of drug-likeness (QED) is 0.804. The van der Waals surface area contributed by atoms with E-state index in [1.165, 1.54) is 37.9 Å². The van der Waals surface area contributed by atoms with Crippen molar-refractivity contribution < 1.29 is 4.79 Å². The summed E-state index contributed by atoms with van der Waals surface area (Å²) in [5.41, 5.74) is 2.11. The average Bonchev–Trinajstić information content (AvgIpc) is 3.21. The zero-order valence-electron chi connectivity index (χ0n) is 14.1. The number of amides is 1. The highest BCUT2D eigenvalue weighted by Gasteiger charge is 2.15. The van der Waals surface area contributed by atoms with Gasteiger partial charge in [0, 0.05) is 18.7 Å². The number of benzene rings is 1. The van der Waals surface area contributed by atoms with Crippen LogP contribution in [-0.2, 0) is 6.42 Å². The molecule has 0 radical (unpaired) electrons. The third-order valence-corrected chi connectivity index (χ3v) is 4.82. The first-order valence-electron chi connectivity index (χ1n) is 8.61. The molecule has 136 valence electrons. The first-order chi connectivity index (χ1) is 10.8. The van der Waals surface area contributed by atoms with Crippen molar-refractivity contribution in [2.75, 3.05) is 39.3 Å². The lowest BCUT2D eigenvalue weighted by molar-refractivity contribution is 0.0950. The number of carbonyl (C=O) groups excluding carboxylic acids is 1. The Hall–Kier alpha value is -0.810. The van der Waals surface area contributed by atoms with E-state index in [-0.39, 0.29) is 30.7 Å². The third-order valence-electron chi connectivity index (χ3n) is 4.82. The van der Waals surface area contributed by atoms with Gasteiger partial charge in [-0.05, 0) is 75.5 Å². The fraction of sp³-hybridized carbons (Fsp3) is 0.611. The number of halogens is 2. The molecule has 0 bridgehead atoms. The maximum Gasteiger partial charge on any atom is 0.251 e. The molecule has 4 nitrogen and oxygen atoms in total. The van der Waals surface area contributed by atoms with Gasteiger partial charge in [-0.15, -0.1) is 24.8 Å². The highest BCUT2D eigenvalue weighted by Crippen LogP contribution is 2.15. The van der Waals surface area contributed by atoms with E-state index in [2.05, 4.69) is 27.7 Å². The van der Waals surface area contributed by atoms with Crippen molar-refractivity contribution in [3.63, 3.8) is 0 Å². The smallest absolute Gasteiger partial charge is 0.251 e. The first kappa shape index (κ1) is 21.2. The van der Waals surface area contributed by atoms with Crippen molar-refractivity contribution in [3.05, 3.63) is 35.4 Å². The van der Waals surface area contributed by atoms with Crippen molar-refractivity contribution in [2.24, 2.45) is 5.92 Å². The largest absolute Gasteiger partial charge is 0.351 e. The summed E-state index contributed by atoms with van der Waals surface area (Å²) in [6.07, 6.45) is 4.97. The van der Waals surface area contributed by atoms with E-state index in [9.17, 15) is 4.79 Å². The molecule has 6 heteroatoms. The van der Waals surface area contributed by atoms with Crippen LogP contribution in [0.3, 0.4) is 0 Å². The minimum Gasteiger partial charge on any atom is -0.351 e. The Bertz CT molecular complexity index is 484. The maximum atomic E-state index is 12.1. The zero-order valence-corrected chi connectivity index (χ0v) is 15.8. The summed E-state index contributed by atoms with van der Waals surface area (Å²) < 4.78 is 0. The molecule has 1 unspecified atom stereocenters. The van der Waals surface area contributed by atoms with Gasteiger partial charge in [-0.1, -0.05) is 12.1 Å².